The fourth-order valence-corrected chi connectivity index (χ4v) is 2.66. The SMILES string of the molecule is COCC1(CNc2nc3ccccc3o2)CCCN1. The molecule has 2 N–H and O–H groups in total. The van der Waals surface area contributed by atoms with Crippen molar-refractivity contribution in [2.45, 2.75) is 18.4 Å². The smallest absolute Gasteiger partial charge is 0.295 e. The van der Waals surface area contributed by atoms with Crippen molar-refractivity contribution < 1.29 is 9.15 Å². The van der Waals surface area contributed by atoms with Crippen LogP contribution >= 0.6 is 0 Å². The monoisotopic (exact) mass is 261 g/mol. The molecule has 1 atom stereocenters. The number of ether oxygens (including phenoxy) is 1. The average molecular weight is 261 g/mol. The normalized spacial score (nSPS) is 23.0. The summed E-state index contributed by atoms with van der Waals surface area (Å²) in [6, 6.07) is 8.35. The van der Waals surface area contributed by atoms with Crippen molar-refractivity contribution in [3.63, 3.8) is 0 Å². The standard InChI is InChI=1S/C14H19N3O2/c1-18-10-14(7-4-8-16-14)9-15-13-17-11-5-2-3-6-12(11)19-13/h2-3,5-6,16H,4,7-10H2,1H3,(H,15,17). The van der Waals surface area contributed by atoms with E-state index in [1.165, 1.54) is 6.42 Å². The maximum absolute atomic E-state index is 5.66. The molecule has 1 saturated heterocycles. The largest absolute Gasteiger partial charge is 0.424 e. The Labute approximate surface area is 112 Å². The van der Waals surface area contributed by atoms with Crippen LogP contribution in [0, 0.1) is 0 Å². The van der Waals surface area contributed by atoms with Crippen LogP contribution in [-0.4, -0.2) is 37.3 Å². The molecule has 1 aromatic carbocycles. The van der Waals surface area contributed by atoms with E-state index in [0.717, 1.165) is 30.6 Å². The fourth-order valence-electron chi connectivity index (χ4n) is 2.66. The number of hydrogen-bond donors (Lipinski definition) is 2. The lowest BCUT2D eigenvalue weighted by Gasteiger charge is -2.28. The van der Waals surface area contributed by atoms with Crippen molar-refractivity contribution in [2.24, 2.45) is 0 Å². The molecular weight excluding hydrogens is 242 g/mol. The molecule has 2 heterocycles. The number of fused-ring (bicyclic) bond motifs is 1. The second-order valence-electron chi connectivity index (χ2n) is 5.08. The highest BCUT2D eigenvalue weighted by atomic mass is 16.5. The molecule has 5 heteroatoms. The zero-order valence-corrected chi connectivity index (χ0v) is 11.1. The molecule has 1 aliphatic heterocycles. The second-order valence-corrected chi connectivity index (χ2v) is 5.08. The Morgan fingerprint density at radius 1 is 1.47 bits per heavy atom. The highest BCUT2D eigenvalue weighted by molar-refractivity contribution is 5.74. The summed E-state index contributed by atoms with van der Waals surface area (Å²) in [6.07, 6.45) is 2.28. The van der Waals surface area contributed by atoms with E-state index in [0.29, 0.717) is 12.6 Å². The molecule has 0 bridgehead atoms. The van der Waals surface area contributed by atoms with Gasteiger partial charge >= 0.3 is 0 Å². The Bertz CT molecular complexity index is 513. The molecule has 0 spiro atoms. The van der Waals surface area contributed by atoms with Crippen LogP contribution in [0.4, 0.5) is 6.01 Å². The number of methoxy groups -OCH3 is 1. The Morgan fingerprint density at radius 2 is 2.37 bits per heavy atom. The molecule has 19 heavy (non-hydrogen) atoms. The van der Waals surface area contributed by atoms with Crippen molar-refractivity contribution in [1.29, 1.82) is 0 Å². The quantitative estimate of drug-likeness (QED) is 0.862. The van der Waals surface area contributed by atoms with E-state index in [4.69, 9.17) is 9.15 Å². The van der Waals surface area contributed by atoms with Gasteiger partial charge in [0, 0.05) is 13.7 Å². The predicted octanol–water partition coefficient (Wildman–Crippen LogP) is 2.01. The van der Waals surface area contributed by atoms with Gasteiger partial charge in [-0.15, -0.1) is 0 Å². The van der Waals surface area contributed by atoms with Gasteiger partial charge in [0.15, 0.2) is 5.58 Å². The van der Waals surface area contributed by atoms with Gasteiger partial charge < -0.3 is 19.8 Å². The number of para-hydroxylation sites is 2. The number of benzene rings is 1. The molecule has 2 aromatic rings. The van der Waals surface area contributed by atoms with Crippen molar-refractivity contribution in [3.8, 4) is 0 Å². The molecule has 0 radical (unpaired) electrons. The molecule has 1 aromatic heterocycles. The molecule has 102 valence electrons. The first kappa shape index (κ1) is 12.4. The van der Waals surface area contributed by atoms with E-state index in [9.17, 15) is 0 Å². The van der Waals surface area contributed by atoms with Crippen LogP contribution in [0.2, 0.25) is 0 Å². The molecule has 1 aliphatic rings. The number of rotatable bonds is 5. The van der Waals surface area contributed by atoms with Gasteiger partial charge in [-0.3, -0.25) is 0 Å². The molecule has 0 amide bonds. The Morgan fingerprint density at radius 3 is 3.11 bits per heavy atom. The van der Waals surface area contributed by atoms with E-state index in [-0.39, 0.29) is 5.54 Å². The van der Waals surface area contributed by atoms with Gasteiger partial charge in [0.2, 0.25) is 0 Å². The first-order valence-electron chi connectivity index (χ1n) is 6.65. The van der Waals surface area contributed by atoms with Gasteiger partial charge in [-0.05, 0) is 31.5 Å². The number of nitrogens with zero attached hydrogens (tertiary/aromatic N) is 1. The summed E-state index contributed by atoms with van der Waals surface area (Å²) in [5, 5.41) is 6.80. The predicted molar refractivity (Wildman–Crippen MR) is 74.3 cm³/mol. The Kier molecular flexibility index (Phi) is 3.40. The molecule has 3 rings (SSSR count). The Balaban J connectivity index is 1.70. The minimum atomic E-state index is -0.00456. The van der Waals surface area contributed by atoms with Crippen LogP contribution in [0.15, 0.2) is 28.7 Å². The minimum absolute atomic E-state index is 0.00456. The lowest BCUT2D eigenvalue weighted by atomic mass is 9.99. The van der Waals surface area contributed by atoms with Gasteiger partial charge in [0.1, 0.15) is 5.52 Å². The number of aromatic nitrogens is 1. The third-order valence-electron chi connectivity index (χ3n) is 3.62. The van der Waals surface area contributed by atoms with Gasteiger partial charge in [-0.1, -0.05) is 12.1 Å². The van der Waals surface area contributed by atoms with Gasteiger partial charge in [0.25, 0.3) is 6.01 Å². The number of anilines is 1. The summed E-state index contributed by atoms with van der Waals surface area (Å²) in [7, 11) is 1.74. The summed E-state index contributed by atoms with van der Waals surface area (Å²) in [5.41, 5.74) is 1.69. The zero-order valence-electron chi connectivity index (χ0n) is 11.1. The molecule has 1 unspecified atom stereocenters. The Hall–Kier alpha value is -1.59. The van der Waals surface area contributed by atoms with Crippen molar-refractivity contribution >= 4 is 17.1 Å². The maximum Gasteiger partial charge on any atom is 0.295 e. The summed E-state index contributed by atoms with van der Waals surface area (Å²) < 4.78 is 11.0. The second kappa shape index (κ2) is 5.19. The average Bonchev–Trinajstić information content (AvgIpc) is 3.03. The lowest BCUT2D eigenvalue weighted by Crippen LogP contribution is -2.49. The van der Waals surface area contributed by atoms with Gasteiger partial charge in [0.05, 0.1) is 12.1 Å². The van der Waals surface area contributed by atoms with E-state index in [1.807, 2.05) is 24.3 Å². The van der Waals surface area contributed by atoms with E-state index in [1.54, 1.807) is 7.11 Å². The van der Waals surface area contributed by atoms with E-state index >= 15 is 0 Å². The van der Waals surface area contributed by atoms with Crippen molar-refractivity contribution in [3.05, 3.63) is 24.3 Å². The van der Waals surface area contributed by atoms with Crippen LogP contribution in [0.25, 0.3) is 11.1 Å². The van der Waals surface area contributed by atoms with E-state index in [2.05, 4.69) is 15.6 Å². The summed E-state index contributed by atoms with van der Waals surface area (Å²) in [5.74, 6) is 0. The summed E-state index contributed by atoms with van der Waals surface area (Å²) in [6.45, 7) is 2.49. The van der Waals surface area contributed by atoms with Gasteiger partial charge in [-0.2, -0.15) is 4.98 Å². The third-order valence-corrected chi connectivity index (χ3v) is 3.62. The first-order valence-corrected chi connectivity index (χ1v) is 6.65. The van der Waals surface area contributed by atoms with E-state index < -0.39 is 0 Å². The molecule has 1 fully saturated rings. The molecular formula is C14H19N3O2. The molecule has 0 aliphatic carbocycles. The summed E-state index contributed by atoms with van der Waals surface area (Å²) in [4.78, 5) is 4.42. The molecule has 0 saturated carbocycles. The van der Waals surface area contributed by atoms with Crippen LogP contribution < -0.4 is 10.6 Å². The number of nitrogens with one attached hydrogen (secondary N) is 2. The van der Waals surface area contributed by atoms with Crippen LogP contribution in [0.1, 0.15) is 12.8 Å². The van der Waals surface area contributed by atoms with Crippen molar-refractivity contribution in [1.82, 2.24) is 10.3 Å². The van der Waals surface area contributed by atoms with Crippen LogP contribution in [-0.2, 0) is 4.74 Å². The highest BCUT2D eigenvalue weighted by Gasteiger charge is 2.33. The highest BCUT2D eigenvalue weighted by Crippen LogP contribution is 2.22. The number of oxazole rings is 1. The number of hydrogen-bond acceptors (Lipinski definition) is 5. The van der Waals surface area contributed by atoms with Gasteiger partial charge in [-0.25, -0.2) is 0 Å². The summed E-state index contributed by atoms with van der Waals surface area (Å²) >= 11 is 0. The minimum Gasteiger partial charge on any atom is -0.424 e. The van der Waals surface area contributed by atoms with Crippen LogP contribution in [0.3, 0.4) is 0 Å². The molecule has 5 nitrogen and oxygen atoms in total. The first-order chi connectivity index (χ1) is 9.31. The van der Waals surface area contributed by atoms with Crippen molar-refractivity contribution in [2.75, 3.05) is 32.1 Å². The maximum atomic E-state index is 5.66. The lowest BCUT2D eigenvalue weighted by molar-refractivity contribution is 0.126. The zero-order chi connectivity index (χ0) is 13.1. The fraction of sp³-hybridized carbons (Fsp3) is 0.500. The third kappa shape index (κ3) is 2.57. The van der Waals surface area contributed by atoms with Crippen LogP contribution in [0.5, 0.6) is 0 Å². The topological polar surface area (TPSA) is 59.3 Å².